The molecule has 8 nitrogen and oxygen atoms in total. The van der Waals surface area contributed by atoms with Crippen LogP contribution in [0, 0.1) is 5.92 Å². The van der Waals surface area contributed by atoms with E-state index in [2.05, 4.69) is 5.32 Å². The first-order valence-electron chi connectivity index (χ1n) is 15.0. The average molecular weight is 598 g/mol. The number of hydroxylamine groups is 2. The van der Waals surface area contributed by atoms with Crippen LogP contribution in [0.4, 0.5) is 0 Å². The maximum atomic E-state index is 14.5. The molecule has 0 radical (unpaired) electrons. The first kappa shape index (κ1) is 28.1. The van der Waals surface area contributed by atoms with Crippen molar-refractivity contribution in [3.63, 3.8) is 0 Å². The second kappa shape index (κ2) is 11.4. The van der Waals surface area contributed by atoms with Crippen LogP contribution in [0.15, 0.2) is 91.0 Å². The van der Waals surface area contributed by atoms with Gasteiger partial charge in [0, 0.05) is 24.8 Å². The Labute approximate surface area is 255 Å². The number of carbonyl (C=O) groups excluding carboxylic acids is 3. The largest absolute Gasteiger partial charge is 0.451 e. The Balaban J connectivity index is 1.19. The number of hydrogen-bond acceptors (Lipinski definition) is 7. The van der Waals surface area contributed by atoms with E-state index in [1.165, 1.54) is 0 Å². The molecular weight excluding hydrogens is 562 g/mol. The normalized spacial score (nSPS) is 29.7. The van der Waals surface area contributed by atoms with Crippen molar-refractivity contribution in [3.8, 4) is 0 Å². The smallest absolute Gasteiger partial charge is 0.333 e. The number of amides is 2. The van der Waals surface area contributed by atoms with Gasteiger partial charge in [-0.15, -0.1) is 11.8 Å². The lowest BCUT2D eigenvalue weighted by molar-refractivity contribution is -0.227. The Bertz CT molecular complexity index is 1450. The van der Waals surface area contributed by atoms with Crippen LogP contribution in [-0.4, -0.2) is 69.6 Å². The van der Waals surface area contributed by atoms with Crippen molar-refractivity contribution in [2.45, 2.75) is 60.9 Å². The van der Waals surface area contributed by atoms with Crippen molar-refractivity contribution < 1.29 is 24.0 Å². The van der Waals surface area contributed by atoms with Gasteiger partial charge in [-0.05, 0) is 29.5 Å². The average Bonchev–Trinajstić information content (AvgIpc) is 3.63. The van der Waals surface area contributed by atoms with Gasteiger partial charge in [-0.25, -0.2) is 4.79 Å². The fourth-order valence-corrected chi connectivity index (χ4v) is 9.04. The zero-order valence-electron chi connectivity index (χ0n) is 24.0. The van der Waals surface area contributed by atoms with Gasteiger partial charge >= 0.3 is 5.97 Å². The van der Waals surface area contributed by atoms with E-state index in [1.54, 1.807) is 16.7 Å². The van der Waals surface area contributed by atoms with Gasteiger partial charge in [-0.1, -0.05) is 97.4 Å². The number of ether oxygens (including phenoxy) is 1. The third-order valence-corrected chi connectivity index (χ3v) is 10.8. The first-order valence-corrected chi connectivity index (χ1v) is 16.0. The summed E-state index contributed by atoms with van der Waals surface area (Å²) in [6.45, 7) is 0. The van der Waals surface area contributed by atoms with Crippen LogP contribution in [0.1, 0.15) is 42.1 Å². The van der Waals surface area contributed by atoms with Crippen LogP contribution in [0.5, 0.6) is 0 Å². The predicted molar refractivity (Wildman–Crippen MR) is 162 cm³/mol. The molecule has 222 valence electrons. The van der Waals surface area contributed by atoms with Gasteiger partial charge in [0.1, 0.15) is 17.0 Å². The lowest BCUT2D eigenvalue weighted by Crippen LogP contribution is -2.80. The summed E-state index contributed by atoms with van der Waals surface area (Å²) >= 11 is 1.58. The van der Waals surface area contributed by atoms with Crippen molar-refractivity contribution in [1.29, 1.82) is 0 Å². The molecule has 3 aromatic carbocycles. The van der Waals surface area contributed by atoms with Crippen molar-refractivity contribution in [2.75, 3.05) is 12.8 Å². The van der Waals surface area contributed by atoms with Crippen LogP contribution >= 0.6 is 11.8 Å². The van der Waals surface area contributed by atoms with Crippen molar-refractivity contribution in [1.82, 2.24) is 15.3 Å². The highest BCUT2D eigenvalue weighted by Gasteiger charge is 2.70. The van der Waals surface area contributed by atoms with Crippen LogP contribution < -0.4 is 5.32 Å². The summed E-state index contributed by atoms with van der Waals surface area (Å²) in [5.41, 5.74) is 1.67. The highest BCUT2D eigenvalue weighted by Crippen LogP contribution is 2.55. The molecular formula is C34H35N3O5S. The summed E-state index contributed by atoms with van der Waals surface area (Å²) in [4.78, 5) is 49.5. The molecule has 6 atom stereocenters. The molecule has 1 aliphatic carbocycles. The molecule has 43 heavy (non-hydrogen) atoms. The summed E-state index contributed by atoms with van der Waals surface area (Å²) in [6.07, 6.45) is 2.50. The summed E-state index contributed by atoms with van der Waals surface area (Å²) in [6, 6.07) is 27.3. The summed E-state index contributed by atoms with van der Waals surface area (Å²) in [5, 5.41) is 4.46. The van der Waals surface area contributed by atoms with Crippen molar-refractivity contribution >= 4 is 29.5 Å². The Hall–Kier alpha value is -3.66. The van der Waals surface area contributed by atoms with E-state index in [9.17, 15) is 14.4 Å². The van der Waals surface area contributed by atoms with Crippen LogP contribution in [0.3, 0.4) is 0 Å². The molecule has 3 aromatic rings. The minimum atomic E-state index is -0.931. The number of nitrogens with zero attached hydrogens (tertiary/aromatic N) is 2. The molecule has 3 saturated heterocycles. The van der Waals surface area contributed by atoms with Gasteiger partial charge in [0.25, 0.3) is 0 Å². The predicted octanol–water partition coefficient (Wildman–Crippen LogP) is 4.11. The Kier molecular flexibility index (Phi) is 7.49. The van der Waals surface area contributed by atoms with Crippen molar-refractivity contribution in [2.24, 2.45) is 5.92 Å². The van der Waals surface area contributed by atoms with E-state index in [0.717, 1.165) is 36.0 Å². The summed E-state index contributed by atoms with van der Waals surface area (Å²) in [7, 11) is 1.93. The van der Waals surface area contributed by atoms with Gasteiger partial charge in [-0.3, -0.25) is 14.4 Å². The van der Waals surface area contributed by atoms with E-state index < -0.39 is 29.8 Å². The Morgan fingerprint density at radius 3 is 2.26 bits per heavy atom. The van der Waals surface area contributed by atoms with Gasteiger partial charge in [0.2, 0.25) is 11.8 Å². The van der Waals surface area contributed by atoms with Crippen LogP contribution in [0.2, 0.25) is 0 Å². The number of β-lactam (4-membered cyclic amide) rings is 1. The molecule has 0 bridgehead atoms. The second-order valence-corrected chi connectivity index (χ2v) is 13.0. The fraction of sp³-hybridized carbons (Fsp3) is 0.382. The number of rotatable bonds is 7. The minimum Gasteiger partial charge on any atom is -0.451 e. The molecule has 1 spiro atoms. The van der Waals surface area contributed by atoms with Crippen molar-refractivity contribution in [3.05, 3.63) is 108 Å². The molecule has 1 N–H and O–H groups in total. The van der Waals surface area contributed by atoms with Gasteiger partial charge in [0.15, 0.2) is 12.1 Å². The van der Waals surface area contributed by atoms with Gasteiger partial charge in [0.05, 0.1) is 6.42 Å². The number of carbonyl (C=O) groups is 3. The van der Waals surface area contributed by atoms with E-state index >= 15 is 0 Å². The lowest BCUT2D eigenvalue weighted by atomic mass is 9.77. The molecule has 4 aliphatic rings. The zero-order valence-corrected chi connectivity index (χ0v) is 24.8. The highest BCUT2D eigenvalue weighted by atomic mass is 32.2. The topological polar surface area (TPSA) is 88.2 Å². The number of hydrogen-bond donors (Lipinski definition) is 1. The summed E-state index contributed by atoms with van der Waals surface area (Å²) < 4.78 is 6.40. The minimum absolute atomic E-state index is 0.0925. The SMILES string of the molecule is CN1OC2(CS[C@@H]3[C@H](NC(=O)Cc4ccccc4)C(=O)N3[C@H]2C(=O)OC(c2ccccc2)c2ccccc2)C2CCCC21. The third kappa shape index (κ3) is 4.93. The highest BCUT2D eigenvalue weighted by molar-refractivity contribution is 8.00. The maximum Gasteiger partial charge on any atom is 0.333 e. The molecule has 4 fully saturated rings. The molecule has 7 rings (SSSR count). The van der Waals surface area contributed by atoms with Gasteiger partial charge in [-0.2, -0.15) is 5.06 Å². The quantitative estimate of drug-likeness (QED) is 0.324. The number of nitrogens with one attached hydrogen (secondary N) is 1. The van der Waals surface area contributed by atoms with Crippen LogP contribution in [0.25, 0.3) is 0 Å². The van der Waals surface area contributed by atoms with Crippen LogP contribution in [-0.2, 0) is 30.4 Å². The molecule has 3 heterocycles. The summed E-state index contributed by atoms with van der Waals surface area (Å²) in [5.74, 6) is -0.353. The molecule has 3 unspecified atom stereocenters. The number of thioether (sulfide) groups is 1. The van der Waals surface area contributed by atoms with E-state index in [-0.39, 0.29) is 35.6 Å². The lowest BCUT2D eigenvalue weighted by Gasteiger charge is -2.58. The monoisotopic (exact) mass is 597 g/mol. The number of benzene rings is 3. The van der Waals surface area contributed by atoms with E-state index in [1.807, 2.05) is 103 Å². The third-order valence-electron chi connectivity index (χ3n) is 9.37. The standard InChI is InChI=1S/C34H35N3O5S/c1-36-26-19-11-18-25(26)34(42-36)21-43-32-28(35-27(38)20-22-12-5-2-6-13-22)31(39)37(32)30(34)33(40)41-29(23-14-7-3-8-15-23)24-16-9-4-10-17-24/h2-10,12-17,25-26,28-30,32H,11,18-21H2,1H3,(H,35,38)/t25?,26?,28-,30+,32-,34?/m1/s1. The second-order valence-electron chi connectivity index (χ2n) is 11.9. The molecule has 1 saturated carbocycles. The number of fused-ring (bicyclic) bond motifs is 3. The fourth-order valence-electron chi connectivity index (χ4n) is 7.42. The first-order chi connectivity index (χ1) is 21.0. The Morgan fingerprint density at radius 1 is 0.977 bits per heavy atom. The van der Waals surface area contributed by atoms with E-state index in [4.69, 9.17) is 9.57 Å². The molecule has 0 aromatic heterocycles. The molecule has 9 heteroatoms. The number of esters is 1. The zero-order chi connectivity index (χ0) is 29.6. The van der Waals surface area contributed by atoms with Gasteiger partial charge < -0.3 is 15.0 Å². The molecule has 3 aliphatic heterocycles. The van der Waals surface area contributed by atoms with E-state index in [0.29, 0.717) is 5.75 Å². The maximum absolute atomic E-state index is 14.5. The Morgan fingerprint density at radius 2 is 1.60 bits per heavy atom. The molecule has 2 amide bonds.